The lowest BCUT2D eigenvalue weighted by Crippen LogP contribution is -2.16. The molecule has 2 rings (SSSR count). The summed E-state index contributed by atoms with van der Waals surface area (Å²) in [6, 6.07) is 5.54. The van der Waals surface area contributed by atoms with Crippen LogP contribution in [0.1, 0.15) is 24.4 Å². The molecule has 0 aromatic heterocycles. The summed E-state index contributed by atoms with van der Waals surface area (Å²) in [4.78, 5) is 0. The van der Waals surface area contributed by atoms with Gasteiger partial charge in [-0.25, -0.2) is 0 Å². The van der Waals surface area contributed by atoms with Gasteiger partial charge in [-0.3, -0.25) is 0 Å². The summed E-state index contributed by atoms with van der Waals surface area (Å²) in [6.45, 7) is 0.780. The number of ether oxygens (including phenoxy) is 1. The summed E-state index contributed by atoms with van der Waals surface area (Å²) in [5.74, 6) is 0. The van der Waals surface area contributed by atoms with Crippen molar-refractivity contribution >= 4 is 27.5 Å². The molecular weight excluding hydrogens is 289 g/mol. The van der Waals surface area contributed by atoms with Gasteiger partial charge in [0.25, 0.3) is 0 Å². The number of hydrogen-bond donors (Lipinski definition) is 1. The van der Waals surface area contributed by atoms with Crippen LogP contribution in [0.15, 0.2) is 34.5 Å². The van der Waals surface area contributed by atoms with Crippen LogP contribution in [0.25, 0.3) is 0 Å². The van der Waals surface area contributed by atoms with Crippen molar-refractivity contribution in [3.63, 3.8) is 0 Å². The summed E-state index contributed by atoms with van der Waals surface area (Å²) in [5, 5.41) is 0.696. The van der Waals surface area contributed by atoms with Gasteiger partial charge in [0.15, 0.2) is 0 Å². The lowest BCUT2D eigenvalue weighted by molar-refractivity contribution is 0.221. The van der Waals surface area contributed by atoms with Gasteiger partial charge in [-0.05, 0) is 42.2 Å². The predicted octanol–water partition coefficient (Wildman–Crippen LogP) is 3.80. The number of hydrogen-bond acceptors (Lipinski definition) is 2. The smallest absolute Gasteiger partial charge is 0.0876 e. The SMILES string of the molecule is NC(C1=COCCC1)c1cc(Br)ccc1Cl. The van der Waals surface area contributed by atoms with Gasteiger partial charge in [0.05, 0.1) is 18.9 Å². The minimum atomic E-state index is -0.176. The molecule has 0 radical (unpaired) electrons. The van der Waals surface area contributed by atoms with Gasteiger partial charge in [-0.15, -0.1) is 0 Å². The number of halogens is 2. The molecule has 1 aliphatic rings. The minimum absolute atomic E-state index is 0.176. The molecular formula is C12H13BrClNO. The van der Waals surface area contributed by atoms with E-state index in [0.29, 0.717) is 5.02 Å². The molecule has 2 nitrogen and oxygen atoms in total. The van der Waals surface area contributed by atoms with Crippen molar-refractivity contribution < 1.29 is 4.74 Å². The first-order chi connectivity index (χ1) is 7.68. The second-order valence-electron chi connectivity index (χ2n) is 3.81. The van der Waals surface area contributed by atoms with Crippen LogP contribution in [-0.2, 0) is 4.74 Å². The van der Waals surface area contributed by atoms with E-state index < -0.39 is 0 Å². The average Bonchev–Trinajstić information content (AvgIpc) is 2.32. The highest BCUT2D eigenvalue weighted by atomic mass is 79.9. The van der Waals surface area contributed by atoms with Gasteiger partial charge in [-0.1, -0.05) is 27.5 Å². The summed E-state index contributed by atoms with van der Waals surface area (Å²) in [7, 11) is 0. The normalized spacial score (nSPS) is 17.6. The molecule has 86 valence electrons. The molecule has 0 bridgehead atoms. The Bertz CT molecular complexity index is 419. The fraction of sp³-hybridized carbons (Fsp3) is 0.333. The zero-order chi connectivity index (χ0) is 11.5. The van der Waals surface area contributed by atoms with Crippen molar-refractivity contribution in [3.8, 4) is 0 Å². The Kier molecular flexibility index (Phi) is 3.90. The van der Waals surface area contributed by atoms with Crippen LogP contribution < -0.4 is 5.73 Å². The lowest BCUT2D eigenvalue weighted by atomic mass is 9.96. The van der Waals surface area contributed by atoms with Crippen LogP contribution in [0.4, 0.5) is 0 Å². The average molecular weight is 303 g/mol. The van der Waals surface area contributed by atoms with E-state index in [1.165, 1.54) is 0 Å². The first-order valence-corrected chi connectivity index (χ1v) is 6.36. The van der Waals surface area contributed by atoms with Crippen LogP contribution in [0, 0.1) is 0 Å². The van der Waals surface area contributed by atoms with Crippen LogP contribution >= 0.6 is 27.5 Å². The first-order valence-electron chi connectivity index (χ1n) is 5.19. The molecule has 1 aromatic rings. The highest BCUT2D eigenvalue weighted by molar-refractivity contribution is 9.10. The Morgan fingerprint density at radius 3 is 2.94 bits per heavy atom. The van der Waals surface area contributed by atoms with Gasteiger partial charge in [0.2, 0.25) is 0 Å². The molecule has 4 heteroatoms. The third-order valence-electron chi connectivity index (χ3n) is 2.65. The molecule has 0 saturated heterocycles. The largest absolute Gasteiger partial charge is 0.501 e. The van der Waals surface area contributed by atoms with Gasteiger partial charge in [0.1, 0.15) is 0 Å². The Labute approximate surface area is 109 Å². The van der Waals surface area contributed by atoms with Crippen molar-refractivity contribution in [1.29, 1.82) is 0 Å². The highest BCUT2D eigenvalue weighted by Crippen LogP contribution is 2.31. The molecule has 16 heavy (non-hydrogen) atoms. The fourth-order valence-corrected chi connectivity index (χ4v) is 2.38. The van der Waals surface area contributed by atoms with Crippen LogP contribution in [-0.4, -0.2) is 6.61 Å². The maximum Gasteiger partial charge on any atom is 0.0876 e. The van der Waals surface area contributed by atoms with Crippen LogP contribution in [0.2, 0.25) is 5.02 Å². The molecule has 1 heterocycles. The Hall–Kier alpha value is -0.510. The zero-order valence-corrected chi connectivity index (χ0v) is 11.1. The Morgan fingerprint density at radius 1 is 1.44 bits per heavy atom. The van der Waals surface area contributed by atoms with E-state index in [4.69, 9.17) is 22.1 Å². The standard InChI is InChI=1S/C12H13BrClNO/c13-9-3-4-11(14)10(6-9)12(15)8-2-1-5-16-7-8/h3-4,6-7,12H,1-2,5,15H2. The number of rotatable bonds is 2. The van der Waals surface area contributed by atoms with E-state index in [-0.39, 0.29) is 6.04 Å². The van der Waals surface area contributed by atoms with Crippen LogP contribution in [0.3, 0.4) is 0 Å². The molecule has 2 N–H and O–H groups in total. The lowest BCUT2D eigenvalue weighted by Gasteiger charge is -2.21. The van der Waals surface area contributed by atoms with E-state index in [9.17, 15) is 0 Å². The zero-order valence-electron chi connectivity index (χ0n) is 8.75. The molecule has 0 spiro atoms. The summed E-state index contributed by atoms with van der Waals surface area (Å²) < 4.78 is 6.28. The monoisotopic (exact) mass is 301 g/mol. The van der Waals surface area contributed by atoms with Crippen molar-refractivity contribution in [3.05, 3.63) is 45.1 Å². The highest BCUT2D eigenvalue weighted by Gasteiger charge is 2.17. The van der Waals surface area contributed by atoms with E-state index in [1.54, 1.807) is 6.26 Å². The van der Waals surface area contributed by atoms with E-state index >= 15 is 0 Å². The molecule has 1 unspecified atom stereocenters. The van der Waals surface area contributed by atoms with Crippen molar-refractivity contribution in [1.82, 2.24) is 0 Å². The first kappa shape index (κ1) is 12.0. The predicted molar refractivity (Wildman–Crippen MR) is 69.3 cm³/mol. The van der Waals surface area contributed by atoms with Crippen LogP contribution in [0.5, 0.6) is 0 Å². The summed E-state index contributed by atoms with van der Waals surface area (Å²) in [5.41, 5.74) is 8.23. The van der Waals surface area contributed by atoms with Gasteiger partial charge in [-0.2, -0.15) is 0 Å². The van der Waals surface area contributed by atoms with Crippen molar-refractivity contribution in [2.24, 2.45) is 5.73 Å². The maximum atomic E-state index is 6.19. The molecule has 1 aliphatic heterocycles. The van der Waals surface area contributed by atoms with E-state index in [0.717, 1.165) is 35.1 Å². The van der Waals surface area contributed by atoms with E-state index in [1.807, 2.05) is 18.2 Å². The third-order valence-corrected chi connectivity index (χ3v) is 3.49. The topological polar surface area (TPSA) is 35.2 Å². The number of nitrogens with two attached hydrogens (primary N) is 1. The fourth-order valence-electron chi connectivity index (χ4n) is 1.77. The van der Waals surface area contributed by atoms with Gasteiger partial charge >= 0.3 is 0 Å². The Morgan fingerprint density at radius 2 is 2.25 bits per heavy atom. The quantitative estimate of drug-likeness (QED) is 0.902. The molecule has 1 atom stereocenters. The second-order valence-corrected chi connectivity index (χ2v) is 5.13. The van der Waals surface area contributed by atoms with E-state index in [2.05, 4.69) is 15.9 Å². The van der Waals surface area contributed by atoms with Crippen molar-refractivity contribution in [2.75, 3.05) is 6.61 Å². The van der Waals surface area contributed by atoms with Crippen molar-refractivity contribution in [2.45, 2.75) is 18.9 Å². The Balaban J connectivity index is 2.29. The molecule has 0 fully saturated rings. The van der Waals surface area contributed by atoms with Gasteiger partial charge in [0, 0.05) is 9.50 Å². The maximum absolute atomic E-state index is 6.19. The second kappa shape index (κ2) is 5.21. The third kappa shape index (κ3) is 2.59. The minimum Gasteiger partial charge on any atom is -0.501 e. The molecule has 1 aromatic carbocycles. The van der Waals surface area contributed by atoms with Gasteiger partial charge < -0.3 is 10.5 Å². The number of benzene rings is 1. The molecule has 0 aliphatic carbocycles. The molecule has 0 saturated carbocycles. The molecule has 0 amide bonds. The summed E-state index contributed by atoms with van der Waals surface area (Å²) >= 11 is 9.57. The summed E-state index contributed by atoms with van der Waals surface area (Å²) in [6.07, 6.45) is 3.76.